The molecule has 1 unspecified atom stereocenters. The lowest BCUT2D eigenvalue weighted by Gasteiger charge is -2.25. The van der Waals surface area contributed by atoms with Gasteiger partial charge in [0.05, 0.1) is 13.7 Å². The third-order valence-corrected chi connectivity index (χ3v) is 9.33. The highest BCUT2D eigenvalue weighted by Gasteiger charge is 2.55. The van der Waals surface area contributed by atoms with Gasteiger partial charge in [-0.25, -0.2) is 19.4 Å². The lowest BCUT2D eigenvalue weighted by Crippen LogP contribution is -2.44. The van der Waals surface area contributed by atoms with E-state index in [0.29, 0.717) is 12.8 Å². The first-order chi connectivity index (χ1) is 24.4. The van der Waals surface area contributed by atoms with Crippen LogP contribution in [0.4, 0.5) is 4.39 Å². The Kier molecular flexibility index (Phi) is 20.2. The lowest BCUT2D eigenvalue weighted by molar-refractivity contribution is -0.139. The first kappa shape index (κ1) is 43.4. The number of allylic oxidation sites excluding steroid dienone is 10. The smallest absolute Gasteiger partial charge is 0.341 e. The number of esters is 1. The van der Waals surface area contributed by atoms with E-state index >= 15 is 4.39 Å². The van der Waals surface area contributed by atoms with Gasteiger partial charge in [-0.1, -0.05) is 67.7 Å². The molecule has 1 aromatic heterocycles. The fourth-order valence-electron chi connectivity index (χ4n) is 4.77. The van der Waals surface area contributed by atoms with Gasteiger partial charge in [-0.3, -0.25) is 28.5 Å². The first-order valence-corrected chi connectivity index (χ1v) is 18.7. The Balaban J connectivity index is 1.72. The Morgan fingerprint density at radius 2 is 1.63 bits per heavy atom. The van der Waals surface area contributed by atoms with Crippen LogP contribution >= 0.6 is 7.67 Å². The quantitative estimate of drug-likeness (QED) is 0.0446. The average molecular weight is 738 g/mol. The summed E-state index contributed by atoms with van der Waals surface area (Å²) in [5, 5.41) is 18.4. The van der Waals surface area contributed by atoms with E-state index in [0.717, 1.165) is 69.4 Å². The van der Waals surface area contributed by atoms with E-state index in [1.807, 2.05) is 11.1 Å². The summed E-state index contributed by atoms with van der Waals surface area (Å²) in [6, 6.07) is 0.997. The number of alkyl halides is 1. The molecule has 1 fully saturated rings. The van der Waals surface area contributed by atoms with Gasteiger partial charge < -0.3 is 24.4 Å². The van der Waals surface area contributed by atoms with Crippen LogP contribution in [0.2, 0.25) is 0 Å². The van der Waals surface area contributed by atoms with Gasteiger partial charge in [0, 0.05) is 31.8 Å². The molecule has 1 aliphatic heterocycles. The van der Waals surface area contributed by atoms with Crippen molar-refractivity contribution < 1.29 is 37.6 Å². The molecule has 1 amide bonds. The van der Waals surface area contributed by atoms with Crippen molar-refractivity contribution in [3.63, 3.8) is 0 Å². The number of methoxy groups -OCH3 is 1. The summed E-state index contributed by atoms with van der Waals surface area (Å²) in [5.41, 5.74) is -4.14. The Morgan fingerprint density at radius 1 is 1.02 bits per heavy atom. The summed E-state index contributed by atoms with van der Waals surface area (Å²) >= 11 is 0. The summed E-state index contributed by atoms with van der Waals surface area (Å²) in [4.78, 5) is 49.6. The van der Waals surface area contributed by atoms with Crippen LogP contribution in [-0.4, -0.2) is 77.8 Å². The highest BCUT2D eigenvalue weighted by atomic mass is 31.2. The molecule has 1 aliphatic rings. The second kappa shape index (κ2) is 23.7. The summed E-state index contributed by atoms with van der Waals surface area (Å²) in [5.74, 6) is -0.942. The van der Waals surface area contributed by atoms with Crippen molar-refractivity contribution in [3.8, 4) is 0 Å². The topological polar surface area (TPSA) is 190 Å². The number of rotatable bonds is 24. The van der Waals surface area contributed by atoms with Crippen LogP contribution in [-0.2, 0) is 28.2 Å². The Bertz CT molecular complexity index is 1540. The third-order valence-electron chi connectivity index (χ3n) is 7.60. The predicted molar refractivity (Wildman–Crippen MR) is 194 cm³/mol. The number of carbonyl (C=O) groups is 2. The van der Waals surface area contributed by atoms with Crippen molar-refractivity contribution >= 4 is 19.5 Å². The van der Waals surface area contributed by atoms with Gasteiger partial charge >= 0.3 is 19.3 Å². The second-order valence-corrected chi connectivity index (χ2v) is 13.8. The van der Waals surface area contributed by atoms with Gasteiger partial charge in [0.2, 0.25) is 5.91 Å². The van der Waals surface area contributed by atoms with E-state index in [1.165, 1.54) is 0 Å². The van der Waals surface area contributed by atoms with Crippen LogP contribution in [0.3, 0.4) is 0 Å². The normalized spacial score (nSPS) is 22.2. The fourth-order valence-corrected chi connectivity index (χ4v) is 6.17. The molecule has 0 aliphatic carbocycles. The molecule has 2 rings (SSSR count). The number of hydrogen-bond acceptors (Lipinski definition) is 9. The van der Waals surface area contributed by atoms with E-state index < -0.39 is 62.1 Å². The number of nitrogens with zero attached hydrogens (tertiary/aromatic N) is 1. The first-order valence-electron chi connectivity index (χ1n) is 17.1. The van der Waals surface area contributed by atoms with Crippen molar-refractivity contribution in [2.45, 2.75) is 89.3 Å². The number of halogens is 1. The van der Waals surface area contributed by atoms with Gasteiger partial charge in [-0.05, 0) is 51.9 Å². The second-order valence-electron chi connectivity index (χ2n) is 11.8. The van der Waals surface area contributed by atoms with Crippen molar-refractivity contribution in [1.29, 1.82) is 0 Å². The fraction of sp³-hybridized carbons (Fsp3) is 0.543. The van der Waals surface area contributed by atoms with Crippen molar-refractivity contribution in [1.82, 2.24) is 25.0 Å². The maximum atomic E-state index is 15.5. The number of unbranched alkanes of at least 4 members (excludes halogenated alkanes) is 1. The standard InChI is InChI=1S/C35H53FN5O9P/c1-4-5-6-7-8-9-10-11-12-13-14-15-16-17-18-19-20-21-29(42)37-23-24-38-51(47,39-26-31(44)48-3)49-27-28-32(45)35(2,36)33(50-28)41-25-22-30(43)40-34(41)46/h5-6,8-9,11-12,14-15,17-18,22,25,28,32-33,45H,4,7,10,13,16,19-21,23-24,26-27H2,1-3H3,(H,37,42)(H2,38,39,47)(H,40,43,46)/b6-5-,9-8-,12-11-,15-14-,18-17-/t28-,32-,33-,35-,51?/m1/s1. The zero-order valence-electron chi connectivity index (χ0n) is 29.6. The minimum atomic E-state index is -4.04. The molecule has 0 saturated carbocycles. The van der Waals surface area contributed by atoms with Gasteiger partial charge in [-0.2, -0.15) is 0 Å². The largest absolute Gasteiger partial charge is 0.468 e. The predicted octanol–water partition coefficient (Wildman–Crippen LogP) is 4.04. The van der Waals surface area contributed by atoms with E-state index in [1.54, 1.807) is 0 Å². The highest BCUT2D eigenvalue weighted by Crippen LogP contribution is 2.43. The molecular formula is C35H53FN5O9P. The number of amides is 1. The Labute approximate surface area is 298 Å². The van der Waals surface area contributed by atoms with Gasteiger partial charge in [0.1, 0.15) is 18.8 Å². The van der Waals surface area contributed by atoms with Crippen molar-refractivity contribution in [3.05, 3.63) is 93.9 Å². The van der Waals surface area contributed by atoms with E-state index in [-0.39, 0.29) is 19.0 Å². The molecule has 0 spiro atoms. The maximum Gasteiger partial charge on any atom is 0.341 e. The molecule has 2 heterocycles. The summed E-state index contributed by atoms with van der Waals surface area (Å²) < 4.78 is 45.4. The number of aromatic amines is 1. The lowest BCUT2D eigenvalue weighted by atomic mass is 9.98. The molecule has 5 atom stereocenters. The highest BCUT2D eigenvalue weighted by molar-refractivity contribution is 7.54. The number of carbonyl (C=O) groups excluding carboxylic acids is 2. The number of aliphatic hydroxyl groups is 1. The van der Waals surface area contributed by atoms with Gasteiger partial charge in [0.25, 0.3) is 5.56 Å². The van der Waals surface area contributed by atoms with Crippen molar-refractivity contribution in [2.75, 3.05) is 33.4 Å². The molecule has 14 nitrogen and oxygen atoms in total. The van der Waals surface area contributed by atoms with Crippen LogP contribution in [0.1, 0.15) is 71.4 Å². The SMILES string of the molecule is CC/C=C\C/C=C\C/C=C\C/C=C\C/C=C\CCCC(=O)NCCNP(=O)(NCC(=O)OC)OC[C@H]1O[C@@H](n2ccc(=O)[nH]c2=O)[C@](C)(F)[C@@H]1O. The molecule has 1 aromatic rings. The minimum absolute atomic E-state index is 0.0315. The summed E-state index contributed by atoms with van der Waals surface area (Å²) in [6.07, 6.45) is 23.8. The molecule has 51 heavy (non-hydrogen) atoms. The number of ether oxygens (including phenoxy) is 2. The monoisotopic (exact) mass is 737 g/mol. The van der Waals surface area contributed by atoms with E-state index in [9.17, 15) is 28.8 Å². The molecule has 0 radical (unpaired) electrons. The van der Waals surface area contributed by atoms with Crippen LogP contribution in [0, 0.1) is 0 Å². The van der Waals surface area contributed by atoms with Crippen LogP contribution in [0.25, 0.3) is 0 Å². The molecule has 0 bridgehead atoms. The number of nitrogens with one attached hydrogen (secondary N) is 4. The molecular weight excluding hydrogens is 684 g/mol. The molecule has 0 aromatic carbocycles. The maximum absolute atomic E-state index is 15.5. The molecule has 16 heteroatoms. The van der Waals surface area contributed by atoms with Crippen LogP contribution in [0.5, 0.6) is 0 Å². The van der Waals surface area contributed by atoms with E-state index in [4.69, 9.17) is 9.26 Å². The Hall–Kier alpha value is -3.72. The molecule has 5 N–H and O–H groups in total. The Morgan fingerprint density at radius 3 is 2.22 bits per heavy atom. The van der Waals surface area contributed by atoms with E-state index in [2.05, 4.69) is 81.8 Å². The average Bonchev–Trinajstić information content (AvgIpc) is 3.33. The van der Waals surface area contributed by atoms with Crippen molar-refractivity contribution in [2.24, 2.45) is 0 Å². The number of aromatic nitrogens is 2. The summed E-state index contributed by atoms with van der Waals surface area (Å²) in [7, 11) is -2.89. The minimum Gasteiger partial charge on any atom is -0.468 e. The molecule has 284 valence electrons. The molecule has 1 saturated heterocycles. The number of hydrogen-bond donors (Lipinski definition) is 5. The summed E-state index contributed by atoms with van der Waals surface area (Å²) in [6.45, 7) is 2.06. The zero-order chi connectivity index (χ0) is 37.5. The third kappa shape index (κ3) is 16.4. The zero-order valence-corrected chi connectivity index (χ0v) is 30.5. The van der Waals surface area contributed by atoms with Gasteiger partial charge in [0.15, 0.2) is 11.9 Å². The van der Waals surface area contributed by atoms with Crippen LogP contribution < -0.4 is 26.7 Å². The van der Waals surface area contributed by atoms with Gasteiger partial charge in [-0.15, -0.1) is 0 Å². The number of H-pyrrole nitrogens is 1. The number of aliphatic hydroxyl groups excluding tert-OH is 1. The van der Waals surface area contributed by atoms with Crippen LogP contribution in [0.15, 0.2) is 82.6 Å².